The van der Waals surface area contributed by atoms with Crippen molar-refractivity contribution in [2.24, 2.45) is 0 Å². The molecule has 202 valence electrons. The number of aromatic nitrogens is 3. The summed E-state index contributed by atoms with van der Waals surface area (Å²) >= 11 is 0. The molecule has 0 saturated heterocycles. The zero-order chi connectivity index (χ0) is 28.6. The van der Waals surface area contributed by atoms with Crippen molar-refractivity contribution in [2.45, 2.75) is 19.5 Å². The van der Waals surface area contributed by atoms with Crippen LogP contribution in [0.3, 0.4) is 0 Å². The average Bonchev–Trinajstić information content (AvgIpc) is 2.90. The van der Waals surface area contributed by atoms with Crippen LogP contribution in [0.5, 0.6) is 11.5 Å². The van der Waals surface area contributed by atoms with Gasteiger partial charge in [-0.25, -0.2) is 8.78 Å². The van der Waals surface area contributed by atoms with Crippen LogP contribution < -0.4 is 10.2 Å². The van der Waals surface area contributed by atoms with Gasteiger partial charge in [-0.3, -0.25) is 19.6 Å². The van der Waals surface area contributed by atoms with Gasteiger partial charge >= 0.3 is 6.18 Å². The number of rotatable bonds is 6. The minimum absolute atomic E-state index is 0.00436. The predicted octanol–water partition coefficient (Wildman–Crippen LogP) is 6.81. The molecule has 0 bridgehead atoms. The van der Waals surface area contributed by atoms with Crippen LogP contribution in [0.4, 0.5) is 22.0 Å². The van der Waals surface area contributed by atoms with E-state index in [0.29, 0.717) is 17.5 Å². The lowest BCUT2D eigenvalue weighted by Crippen LogP contribution is -2.20. The quantitative estimate of drug-likeness (QED) is 0.185. The Balaban J connectivity index is 1.38. The minimum atomic E-state index is -4.61. The largest absolute Gasteiger partial charge is 0.452 e. The summed E-state index contributed by atoms with van der Waals surface area (Å²) in [6.45, 7) is 1.65. The van der Waals surface area contributed by atoms with Crippen molar-refractivity contribution in [1.82, 2.24) is 15.0 Å². The third kappa shape index (κ3) is 5.31. The number of H-pyrrole nitrogens is 1. The first-order chi connectivity index (χ1) is 19.0. The Morgan fingerprint density at radius 1 is 0.975 bits per heavy atom. The molecule has 1 N–H and O–H groups in total. The van der Waals surface area contributed by atoms with Crippen LogP contribution in [-0.4, -0.2) is 20.7 Å². The summed E-state index contributed by atoms with van der Waals surface area (Å²) < 4.78 is 72.8. The maximum Gasteiger partial charge on any atom is 0.417 e. The molecule has 40 heavy (non-hydrogen) atoms. The number of halogens is 5. The van der Waals surface area contributed by atoms with E-state index in [9.17, 15) is 31.5 Å². The summed E-state index contributed by atoms with van der Waals surface area (Å²) in [5.41, 5.74) is -0.335. The number of alkyl halides is 3. The first-order valence-corrected chi connectivity index (χ1v) is 11.8. The SMILES string of the molecule is Cc1[nH]cc(C(=O)Cc2ccc(Oc3ccnc4cc(C(F)(F)F)cnc34)c(F)c2)c(=O)c1-c1ccc(F)cc1. The minimum Gasteiger partial charge on any atom is -0.452 e. The first-order valence-electron chi connectivity index (χ1n) is 11.8. The molecule has 5 aromatic rings. The van der Waals surface area contributed by atoms with E-state index in [1.807, 2.05) is 0 Å². The van der Waals surface area contributed by atoms with E-state index >= 15 is 0 Å². The topological polar surface area (TPSA) is 84.9 Å². The van der Waals surface area contributed by atoms with Gasteiger partial charge in [0.05, 0.1) is 16.6 Å². The molecule has 3 aromatic heterocycles. The van der Waals surface area contributed by atoms with Gasteiger partial charge in [-0.05, 0) is 48.4 Å². The van der Waals surface area contributed by atoms with Crippen LogP contribution >= 0.6 is 0 Å². The maximum absolute atomic E-state index is 14.9. The zero-order valence-corrected chi connectivity index (χ0v) is 20.6. The van der Waals surface area contributed by atoms with Gasteiger partial charge in [-0.1, -0.05) is 18.2 Å². The molecule has 6 nitrogen and oxygen atoms in total. The molecule has 0 unspecified atom stereocenters. The van der Waals surface area contributed by atoms with Gasteiger partial charge in [-0.15, -0.1) is 0 Å². The summed E-state index contributed by atoms with van der Waals surface area (Å²) in [6, 6.07) is 11.2. The van der Waals surface area contributed by atoms with Crippen LogP contribution in [0.25, 0.3) is 22.2 Å². The fourth-order valence-electron chi connectivity index (χ4n) is 4.17. The second kappa shape index (κ2) is 10.3. The van der Waals surface area contributed by atoms with Crippen molar-refractivity contribution in [2.75, 3.05) is 0 Å². The van der Waals surface area contributed by atoms with Gasteiger partial charge < -0.3 is 9.72 Å². The van der Waals surface area contributed by atoms with Gasteiger partial charge in [0.15, 0.2) is 28.5 Å². The lowest BCUT2D eigenvalue weighted by molar-refractivity contribution is -0.137. The molecule has 0 atom stereocenters. The second-order valence-corrected chi connectivity index (χ2v) is 8.90. The monoisotopic (exact) mass is 551 g/mol. The van der Waals surface area contributed by atoms with Crippen LogP contribution in [0.15, 0.2) is 78.0 Å². The molecule has 3 heterocycles. The predicted molar refractivity (Wildman–Crippen MR) is 136 cm³/mol. The van der Waals surface area contributed by atoms with Gasteiger partial charge in [-0.2, -0.15) is 13.2 Å². The van der Waals surface area contributed by atoms with E-state index < -0.39 is 34.6 Å². The van der Waals surface area contributed by atoms with Crippen LogP contribution in [-0.2, 0) is 12.6 Å². The molecule has 0 radical (unpaired) electrons. The highest BCUT2D eigenvalue weighted by Gasteiger charge is 2.31. The normalized spacial score (nSPS) is 11.6. The Morgan fingerprint density at radius 3 is 2.42 bits per heavy atom. The summed E-state index contributed by atoms with van der Waals surface area (Å²) in [6.07, 6.45) is -1.77. The van der Waals surface area contributed by atoms with Gasteiger partial charge in [0, 0.05) is 42.3 Å². The second-order valence-electron chi connectivity index (χ2n) is 8.90. The molecule has 0 aliphatic rings. The first kappa shape index (κ1) is 26.7. The molecular weight excluding hydrogens is 533 g/mol. The number of benzene rings is 2. The highest BCUT2D eigenvalue weighted by molar-refractivity contribution is 5.98. The molecule has 0 spiro atoms. The molecule has 11 heteroatoms. The van der Waals surface area contributed by atoms with Crippen molar-refractivity contribution < 1.29 is 31.5 Å². The molecule has 0 saturated carbocycles. The number of pyridine rings is 3. The Morgan fingerprint density at radius 2 is 1.73 bits per heavy atom. The number of nitrogens with one attached hydrogen (secondary N) is 1. The number of Topliss-reactive ketones (excluding diaryl/α,β-unsaturated/α-hetero) is 1. The van der Waals surface area contributed by atoms with E-state index in [0.717, 1.165) is 12.1 Å². The van der Waals surface area contributed by atoms with Crippen molar-refractivity contribution in [3.63, 3.8) is 0 Å². The number of hydrogen-bond donors (Lipinski definition) is 1. The Bertz CT molecular complexity index is 1820. The summed E-state index contributed by atoms with van der Waals surface area (Å²) in [5.74, 6) is -2.14. The number of aromatic amines is 1. The van der Waals surface area contributed by atoms with Crippen LogP contribution in [0.1, 0.15) is 27.2 Å². The molecule has 0 aliphatic heterocycles. The number of aryl methyl sites for hydroxylation is 1. The van der Waals surface area contributed by atoms with Crippen molar-refractivity contribution in [3.8, 4) is 22.6 Å². The van der Waals surface area contributed by atoms with E-state index in [1.165, 1.54) is 54.9 Å². The summed E-state index contributed by atoms with van der Waals surface area (Å²) in [7, 11) is 0. The van der Waals surface area contributed by atoms with E-state index in [-0.39, 0.29) is 45.6 Å². The van der Waals surface area contributed by atoms with Gasteiger partial charge in [0.2, 0.25) is 0 Å². The summed E-state index contributed by atoms with van der Waals surface area (Å²) in [5, 5.41) is 0. The van der Waals surface area contributed by atoms with Crippen molar-refractivity contribution >= 4 is 16.8 Å². The number of carbonyl (C=O) groups is 1. The number of ether oxygens (including phenoxy) is 1. The fourth-order valence-corrected chi connectivity index (χ4v) is 4.17. The number of fused-ring (bicyclic) bond motifs is 1. The highest BCUT2D eigenvalue weighted by atomic mass is 19.4. The Hall–Kier alpha value is -4.93. The van der Waals surface area contributed by atoms with E-state index in [1.54, 1.807) is 6.92 Å². The number of ketones is 1. The molecular formula is C29H18F5N3O3. The summed E-state index contributed by atoms with van der Waals surface area (Å²) in [4.78, 5) is 36.6. The van der Waals surface area contributed by atoms with E-state index in [4.69, 9.17) is 4.74 Å². The molecule has 0 aliphatic carbocycles. The average molecular weight is 551 g/mol. The van der Waals surface area contributed by atoms with Gasteiger partial charge in [0.1, 0.15) is 11.3 Å². The van der Waals surface area contributed by atoms with E-state index in [2.05, 4.69) is 15.0 Å². The molecule has 5 rings (SSSR count). The third-order valence-corrected chi connectivity index (χ3v) is 6.16. The number of nitrogens with zero attached hydrogens (tertiary/aromatic N) is 2. The van der Waals surface area contributed by atoms with Crippen molar-refractivity contribution in [1.29, 1.82) is 0 Å². The molecule has 0 amide bonds. The molecule has 2 aromatic carbocycles. The lowest BCUT2D eigenvalue weighted by Gasteiger charge is -2.12. The number of carbonyl (C=O) groups excluding carboxylic acids is 1. The smallest absolute Gasteiger partial charge is 0.417 e. The maximum atomic E-state index is 14.9. The Labute approximate surface area is 223 Å². The van der Waals surface area contributed by atoms with Crippen LogP contribution in [0, 0.1) is 18.6 Å². The zero-order valence-electron chi connectivity index (χ0n) is 20.6. The third-order valence-electron chi connectivity index (χ3n) is 6.16. The Kier molecular flexibility index (Phi) is 6.88. The van der Waals surface area contributed by atoms with Crippen LogP contribution in [0.2, 0.25) is 0 Å². The molecule has 0 fully saturated rings. The standard InChI is InChI=1S/C29H18F5N3O3/c1-15-26(17-3-5-19(30)6-4-17)28(39)20(14-36-15)23(38)11-16-2-7-24(21(31)10-16)40-25-8-9-35-22-12-18(29(32,33)34)13-37-27(22)25/h2-10,12-14H,11H2,1H3,(H,36,39). The lowest BCUT2D eigenvalue weighted by atomic mass is 9.98. The van der Waals surface area contributed by atoms with Gasteiger partial charge in [0.25, 0.3) is 0 Å². The van der Waals surface area contributed by atoms with Crippen molar-refractivity contribution in [3.05, 3.63) is 117 Å². The number of hydrogen-bond acceptors (Lipinski definition) is 5. The fraction of sp³-hybridized carbons (Fsp3) is 0.103. The highest BCUT2D eigenvalue weighted by Crippen LogP contribution is 2.34.